The number of fused-ring (bicyclic) bond motifs is 15. The number of nitrogens with zero attached hydrogens (tertiary/aromatic N) is 6. The second-order valence-electron chi connectivity index (χ2n) is 24.3. The normalized spacial score (nSPS) is 12.1. The highest BCUT2D eigenvalue weighted by atomic mass is 15.0. The molecule has 426 valence electrons. The van der Waals surface area contributed by atoms with Gasteiger partial charge in [-0.3, -0.25) is 0 Å². The Hall–Kier alpha value is -12.4. The van der Waals surface area contributed by atoms with E-state index >= 15 is 0 Å². The molecule has 0 saturated carbocycles. The third kappa shape index (κ3) is 7.14. The van der Waals surface area contributed by atoms with E-state index in [4.69, 9.17) is 9.97 Å². The third-order valence-corrected chi connectivity index (χ3v) is 19.5. The van der Waals surface area contributed by atoms with E-state index in [1.165, 1.54) is 92.8 Å². The summed E-state index contributed by atoms with van der Waals surface area (Å²) in [5.41, 5.74) is 25.7. The largest absolute Gasteiger partial charge is 0.309 e. The van der Waals surface area contributed by atoms with Crippen molar-refractivity contribution >= 4 is 98.0 Å². The van der Waals surface area contributed by atoms with Crippen LogP contribution < -0.4 is 0 Å². The second-order valence-corrected chi connectivity index (χ2v) is 24.3. The van der Waals surface area contributed by atoms with Crippen LogP contribution >= 0.6 is 0 Å². The molecule has 14 aromatic carbocycles. The zero-order chi connectivity index (χ0) is 60.1. The summed E-state index contributed by atoms with van der Waals surface area (Å²) in [4.78, 5) is 11.2. The van der Waals surface area contributed by atoms with Gasteiger partial charge in [-0.05, 0) is 119 Å². The van der Waals surface area contributed by atoms with Crippen LogP contribution in [0.4, 0.5) is 0 Å². The smallest absolute Gasteiger partial charge is 0.160 e. The molecule has 92 heavy (non-hydrogen) atoms. The summed E-state index contributed by atoms with van der Waals surface area (Å²) >= 11 is 0. The Kier molecular flexibility index (Phi) is 10.8. The maximum absolute atomic E-state index is 5.66. The molecule has 6 heteroatoms. The lowest BCUT2D eigenvalue weighted by Gasteiger charge is -2.15. The molecule has 0 radical (unpaired) electrons. The number of para-hydroxylation sites is 6. The predicted molar refractivity (Wildman–Crippen MR) is 383 cm³/mol. The molecule has 0 aliphatic heterocycles. The molecule has 1 aliphatic carbocycles. The third-order valence-electron chi connectivity index (χ3n) is 19.5. The van der Waals surface area contributed by atoms with Gasteiger partial charge in [-0.2, -0.15) is 0 Å². The second kappa shape index (κ2) is 19.6. The maximum atomic E-state index is 5.66. The molecule has 20 rings (SSSR count). The molecule has 0 unspecified atom stereocenters. The molecule has 5 aromatic heterocycles. The van der Waals surface area contributed by atoms with E-state index in [1.807, 2.05) is 0 Å². The minimum Gasteiger partial charge on any atom is -0.309 e. The van der Waals surface area contributed by atoms with Crippen LogP contribution in [0.5, 0.6) is 0 Å². The molecule has 0 fully saturated rings. The Bertz CT molecular complexity index is 6300. The number of benzene rings is 14. The number of hydrogen-bond donors (Lipinski definition) is 0. The summed E-state index contributed by atoms with van der Waals surface area (Å²) < 4.78 is 9.77. The topological polar surface area (TPSA) is 45.5 Å². The van der Waals surface area contributed by atoms with Gasteiger partial charge in [0, 0.05) is 93.2 Å². The Labute approximate surface area is 528 Å². The van der Waals surface area contributed by atoms with Crippen molar-refractivity contribution in [2.75, 3.05) is 0 Å². The summed E-state index contributed by atoms with van der Waals surface area (Å²) in [6, 6.07) is 115. The number of aromatic nitrogens is 6. The van der Waals surface area contributed by atoms with E-state index in [9.17, 15) is 0 Å². The van der Waals surface area contributed by atoms with E-state index in [2.05, 4.69) is 334 Å². The van der Waals surface area contributed by atoms with Crippen LogP contribution in [-0.4, -0.2) is 28.2 Å². The summed E-state index contributed by atoms with van der Waals surface area (Å²) in [6.45, 7) is 0. The van der Waals surface area contributed by atoms with Crippen LogP contribution in [0, 0.1) is 0 Å². The summed E-state index contributed by atoms with van der Waals surface area (Å²) in [5.74, 6) is 0.691. The van der Waals surface area contributed by atoms with E-state index in [0.717, 1.165) is 89.4 Å². The van der Waals surface area contributed by atoms with Crippen molar-refractivity contribution in [3.05, 3.63) is 315 Å². The molecule has 0 atom stereocenters. The van der Waals surface area contributed by atoms with Gasteiger partial charge in [-0.15, -0.1) is 0 Å². The van der Waals surface area contributed by atoms with Crippen molar-refractivity contribution in [1.29, 1.82) is 0 Å². The van der Waals surface area contributed by atoms with Gasteiger partial charge < -0.3 is 18.3 Å². The standard InChI is InChI=1S/C86H52N6/c1-4-24-53(25-5-1)86-87-84(54-26-18-31-57(52-54)91-71-44-16-12-34-65(71)81-59(38-22-48-76(81)91)58-36-20-46-74-79(58)63-32-10-14-42-69(63)89(74)55-27-6-2-7-28-55)83-67-50-51-73(62-40-19-41-68(78(62)67)85(83)88-86)92-72-45-17-13-35-66(72)82-61(39-23-49-77(82)92)60-37-21-47-75-80(60)64-33-11-15-43-70(64)90(75)56-29-8-3-9-30-56/h1-52H. The van der Waals surface area contributed by atoms with Crippen molar-refractivity contribution in [1.82, 2.24) is 28.2 Å². The first-order chi connectivity index (χ1) is 45.7. The average Bonchev–Trinajstić information content (AvgIpc) is 1.56. The lowest BCUT2D eigenvalue weighted by molar-refractivity contribution is 1.17. The molecular formula is C86H52N6. The van der Waals surface area contributed by atoms with Gasteiger partial charge in [0.2, 0.25) is 0 Å². The maximum Gasteiger partial charge on any atom is 0.160 e. The zero-order valence-electron chi connectivity index (χ0n) is 49.7. The highest BCUT2D eigenvalue weighted by molar-refractivity contribution is 6.26. The molecule has 1 aliphatic rings. The number of rotatable bonds is 8. The molecule has 19 aromatic rings. The van der Waals surface area contributed by atoms with Crippen LogP contribution in [0.25, 0.3) is 188 Å². The highest BCUT2D eigenvalue weighted by Crippen LogP contribution is 2.53. The summed E-state index contributed by atoms with van der Waals surface area (Å²) in [6.07, 6.45) is 0. The van der Waals surface area contributed by atoms with Crippen molar-refractivity contribution in [2.45, 2.75) is 0 Å². The first-order valence-electron chi connectivity index (χ1n) is 31.6. The Balaban J connectivity index is 0.772. The fourth-order valence-corrected chi connectivity index (χ4v) is 15.8. The summed E-state index contributed by atoms with van der Waals surface area (Å²) in [5, 5.41) is 12.1. The van der Waals surface area contributed by atoms with Gasteiger partial charge in [0.25, 0.3) is 0 Å². The number of hydrogen-bond acceptors (Lipinski definition) is 2. The van der Waals surface area contributed by atoms with Crippen LogP contribution in [-0.2, 0) is 0 Å². The van der Waals surface area contributed by atoms with Crippen molar-refractivity contribution in [3.63, 3.8) is 0 Å². The predicted octanol–water partition coefficient (Wildman–Crippen LogP) is 22.3. The first kappa shape index (κ1) is 50.6. The van der Waals surface area contributed by atoms with Crippen molar-refractivity contribution in [3.8, 4) is 90.0 Å². The molecule has 6 nitrogen and oxygen atoms in total. The average molecular weight is 1170 g/mol. The van der Waals surface area contributed by atoms with Gasteiger partial charge in [0.15, 0.2) is 5.82 Å². The van der Waals surface area contributed by atoms with Gasteiger partial charge in [0.05, 0.1) is 61.2 Å². The quantitative estimate of drug-likeness (QED) is 0.152. The van der Waals surface area contributed by atoms with Gasteiger partial charge in [-0.25, -0.2) is 9.97 Å². The van der Waals surface area contributed by atoms with Crippen LogP contribution in [0.1, 0.15) is 0 Å². The van der Waals surface area contributed by atoms with E-state index in [0.29, 0.717) is 5.82 Å². The van der Waals surface area contributed by atoms with Gasteiger partial charge in [0.1, 0.15) is 0 Å². The fraction of sp³-hybridized carbons (Fsp3) is 0. The van der Waals surface area contributed by atoms with Gasteiger partial charge in [-0.1, -0.05) is 224 Å². The fourth-order valence-electron chi connectivity index (χ4n) is 15.8. The minimum atomic E-state index is 0.691. The monoisotopic (exact) mass is 1170 g/mol. The first-order valence-corrected chi connectivity index (χ1v) is 31.6. The van der Waals surface area contributed by atoms with Crippen LogP contribution in [0.2, 0.25) is 0 Å². The molecule has 0 amide bonds. The van der Waals surface area contributed by atoms with Gasteiger partial charge >= 0.3 is 0 Å². The zero-order valence-corrected chi connectivity index (χ0v) is 49.7. The molecular weight excluding hydrogens is 1120 g/mol. The van der Waals surface area contributed by atoms with Crippen molar-refractivity contribution < 1.29 is 0 Å². The Morgan fingerprint density at radius 2 is 0.554 bits per heavy atom. The summed E-state index contributed by atoms with van der Waals surface area (Å²) in [7, 11) is 0. The van der Waals surface area contributed by atoms with Crippen molar-refractivity contribution in [2.24, 2.45) is 0 Å². The lowest BCUT2D eigenvalue weighted by atomic mass is 9.95. The van der Waals surface area contributed by atoms with E-state index in [-0.39, 0.29) is 0 Å². The van der Waals surface area contributed by atoms with E-state index in [1.54, 1.807) is 0 Å². The molecule has 0 saturated heterocycles. The van der Waals surface area contributed by atoms with Crippen LogP contribution in [0.15, 0.2) is 315 Å². The van der Waals surface area contributed by atoms with Crippen LogP contribution in [0.3, 0.4) is 0 Å². The molecule has 0 N–H and O–H groups in total. The molecule has 0 bridgehead atoms. The SMILES string of the molecule is c1ccc(-c2nc(-c3cccc(-n4c5ccccc5c5c(-c6cccc7c6c6ccccc6n7-c6ccccc6)cccc54)c3)c3c(n2)-c2cccc4c(-n5c6ccccc6c6c(-c7cccc8c7c7ccccc7n8-c7ccccc7)cccc65)ccc-3c24)cc1. The molecule has 0 spiro atoms. The highest BCUT2D eigenvalue weighted by Gasteiger charge is 2.31. The molecule has 5 heterocycles. The Morgan fingerprint density at radius 1 is 0.207 bits per heavy atom. The minimum absolute atomic E-state index is 0.691. The van der Waals surface area contributed by atoms with E-state index < -0.39 is 0 Å². The lowest BCUT2D eigenvalue weighted by Crippen LogP contribution is -1.99. The Morgan fingerprint density at radius 3 is 1.05 bits per heavy atom.